The Morgan fingerprint density at radius 1 is 1.50 bits per heavy atom. The van der Waals surface area contributed by atoms with Crippen molar-refractivity contribution in [3.63, 3.8) is 0 Å². The van der Waals surface area contributed by atoms with E-state index in [4.69, 9.17) is 4.74 Å². The lowest BCUT2D eigenvalue weighted by Crippen LogP contribution is -2.45. The summed E-state index contributed by atoms with van der Waals surface area (Å²) in [6.45, 7) is 6.03. The normalized spacial score (nSPS) is 18.8. The van der Waals surface area contributed by atoms with Gasteiger partial charge in [-0.1, -0.05) is 13.8 Å². The van der Waals surface area contributed by atoms with Crippen molar-refractivity contribution in [2.45, 2.75) is 26.8 Å². The van der Waals surface area contributed by atoms with Crippen LogP contribution in [0, 0.1) is 5.92 Å². The zero-order valence-electron chi connectivity index (χ0n) is 11.7. The Morgan fingerprint density at radius 3 is 2.85 bits per heavy atom. The number of thiophene rings is 1. The summed E-state index contributed by atoms with van der Waals surface area (Å²) in [6, 6.07) is 1.14. The van der Waals surface area contributed by atoms with Gasteiger partial charge < -0.3 is 15.4 Å². The van der Waals surface area contributed by atoms with Crippen molar-refractivity contribution >= 4 is 23.3 Å². The first kappa shape index (κ1) is 14.6. The minimum absolute atomic E-state index is 0.269. The molecule has 0 aromatic carbocycles. The monoisotopic (exact) mass is 294 g/mol. The molecule has 0 saturated carbocycles. The quantitative estimate of drug-likeness (QED) is 0.839. The summed E-state index contributed by atoms with van der Waals surface area (Å²) in [5.41, 5.74) is 1.89. The zero-order valence-corrected chi connectivity index (χ0v) is 12.5. The van der Waals surface area contributed by atoms with Crippen LogP contribution in [0.2, 0.25) is 0 Å². The molecule has 0 bridgehead atoms. The molecule has 20 heavy (non-hydrogen) atoms. The number of carbonyl (C=O) groups excluding carboxylic acids is 2. The van der Waals surface area contributed by atoms with Gasteiger partial charge in [-0.05, 0) is 35.2 Å². The van der Waals surface area contributed by atoms with Crippen molar-refractivity contribution in [2.75, 3.05) is 6.61 Å². The van der Waals surface area contributed by atoms with E-state index in [0.717, 1.165) is 5.56 Å². The first-order valence-corrected chi connectivity index (χ1v) is 7.40. The number of amides is 2. The molecule has 2 rings (SSSR count). The van der Waals surface area contributed by atoms with Crippen LogP contribution in [0.1, 0.15) is 32.4 Å². The standard InChI is InChI=1S/C14H18N2O3S/c1-8(2)6-19-13(17)11-9(3)15-14(18)16-12(11)10-4-5-20-7-10/h4-5,7-8,12H,6H2,1-3H3,(H2,15,16,18)/t12-/m0/s1. The number of hydrogen-bond acceptors (Lipinski definition) is 4. The highest BCUT2D eigenvalue weighted by Gasteiger charge is 2.32. The van der Waals surface area contributed by atoms with Crippen LogP contribution < -0.4 is 10.6 Å². The Balaban J connectivity index is 2.27. The number of esters is 1. The molecule has 6 heteroatoms. The predicted octanol–water partition coefficient (Wildman–Crippen LogP) is 2.58. The fourth-order valence-electron chi connectivity index (χ4n) is 1.97. The smallest absolute Gasteiger partial charge is 0.338 e. The second-order valence-electron chi connectivity index (χ2n) is 5.12. The maximum absolute atomic E-state index is 12.3. The number of urea groups is 1. The highest BCUT2D eigenvalue weighted by molar-refractivity contribution is 7.08. The van der Waals surface area contributed by atoms with Crippen molar-refractivity contribution in [3.8, 4) is 0 Å². The van der Waals surface area contributed by atoms with E-state index in [1.54, 1.807) is 6.92 Å². The lowest BCUT2D eigenvalue weighted by molar-refractivity contribution is -0.140. The maximum Gasteiger partial charge on any atom is 0.338 e. The summed E-state index contributed by atoms with van der Waals surface area (Å²) in [6.07, 6.45) is 0. The van der Waals surface area contributed by atoms with Gasteiger partial charge in [0.15, 0.2) is 0 Å². The molecule has 108 valence electrons. The van der Waals surface area contributed by atoms with Gasteiger partial charge >= 0.3 is 12.0 Å². The topological polar surface area (TPSA) is 67.4 Å². The first-order chi connectivity index (χ1) is 9.49. The molecular formula is C14H18N2O3S. The number of hydrogen-bond donors (Lipinski definition) is 2. The first-order valence-electron chi connectivity index (χ1n) is 6.46. The van der Waals surface area contributed by atoms with Crippen molar-refractivity contribution in [3.05, 3.63) is 33.7 Å². The summed E-state index contributed by atoms with van der Waals surface area (Å²) in [4.78, 5) is 23.9. The van der Waals surface area contributed by atoms with Crippen LogP contribution in [0.3, 0.4) is 0 Å². The largest absolute Gasteiger partial charge is 0.462 e. The van der Waals surface area contributed by atoms with Gasteiger partial charge in [-0.3, -0.25) is 0 Å². The fourth-order valence-corrected chi connectivity index (χ4v) is 2.66. The van der Waals surface area contributed by atoms with Gasteiger partial charge in [0.2, 0.25) is 0 Å². The lowest BCUT2D eigenvalue weighted by atomic mass is 9.98. The van der Waals surface area contributed by atoms with Gasteiger partial charge in [0.05, 0.1) is 18.2 Å². The molecule has 1 aromatic rings. The number of ether oxygens (including phenoxy) is 1. The van der Waals surface area contributed by atoms with Crippen molar-refractivity contribution < 1.29 is 14.3 Å². The molecule has 2 heterocycles. The Bertz CT molecular complexity index is 535. The Morgan fingerprint density at radius 2 is 2.25 bits per heavy atom. The highest BCUT2D eigenvalue weighted by Crippen LogP contribution is 2.28. The molecule has 0 saturated heterocycles. The molecule has 0 fully saturated rings. The average molecular weight is 294 g/mol. The van der Waals surface area contributed by atoms with Crippen LogP contribution >= 0.6 is 11.3 Å². The zero-order chi connectivity index (χ0) is 14.7. The summed E-state index contributed by atoms with van der Waals surface area (Å²) >= 11 is 1.52. The molecule has 0 radical (unpaired) electrons. The molecule has 1 aromatic heterocycles. The third-order valence-corrected chi connectivity index (χ3v) is 3.61. The summed E-state index contributed by atoms with van der Waals surface area (Å²) in [5.74, 6) is -0.120. The molecule has 1 aliphatic heterocycles. The number of nitrogens with one attached hydrogen (secondary N) is 2. The van der Waals surface area contributed by atoms with Gasteiger partial charge in [0.1, 0.15) is 0 Å². The van der Waals surface area contributed by atoms with E-state index < -0.39 is 6.04 Å². The third-order valence-electron chi connectivity index (χ3n) is 2.91. The SMILES string of the molecule is CC1=C(C(=O)OCC(C)C)[C@H](c2ccsc2)NC(=O)N1. The molecule has 0 unspecified atom stereocenters. The minimum atomic E-state index is -0.449. The Hall–Kier alpha value is -1.82. The fraction of sp³-hybridized carbons (Fsp3) is 0.429. The van der Waals surface area contributed by atoms with E-state index >= 15 is 0 Å². The van der Waals surface area contributed by atoms with Crippen molar-refractivity contribution in [2.24, 2.45) is 5.92 Å². The van der Waals surface area contributed by atoms with E-state index in [0.29, 0.717) is 17.9 Å². The molecule has 1 atom stereocenters. The van der Waals surface area contributed by atoms with Gasteiger partial charge in [0, 0.05) is 5.70 Å². The Kier molecular flexibility index (Phi) is 4.44. The van der Waals surface area contributed by atoms with Crippen LogP contribution in [-0.2, 0) is 9.53 Å². The molecule has 0 spiro atoms. The number of carbonyl (C=O) groups is 2. The third kappa shape index (κ3) is 3.19. The van der Waals surface area contributed by atoms with E-state index in [2.05, 4.69) is 10.6 Å². The predicted molar refractivity (Wildman–Crippen MR) is 77.2 cm³/mol. The van der Waals surface area contributed by atoms with E-state index in [9.17, 15) is 9.59 Å². The summed E-state index contributed by atoms with van der Waals surface area (Å²) < 4.78 is 5.29. The molecule has 5 nitrogen and oxygen atoms in total. The molecule has 0 aliphatic carbocycles. The molecule has 2 amide bonds. The van der Waals surface area contributed by atoms with Crippen LogP contribution in [0.5, 0.6) is 0 Å². The van der Waals surface area contributed by atoms with Crippen molar-refractivity contribution in [1.82, 2.24) is 10.6 Å². The molecule has 2 N–H and O–H groups in total. The second-order valence-corrected chi connectivity index (χ2v) is 5.90. The van der Waals surface area contributed by atoms with Gasteiger partial charge in [-0.2, -0.15) is 11.3 Å². The maximum atomic E-state index is 12.3. The number of rotatable bonds is 4. The van der Waals surface area contributed by atoms with Gasteiger partial charge in [0.25, 0.3) is 0 Å². The summed E-state index contributed by atoms with van der Waals surface area (Å²) in [7, 11) is 0. The van der Waals surface area contributed by atoms with Crippen LogP contribution in [0.4, 0.5) is 4.79 Å². The second kappa shape index (κ2) is 6.09. The van der Waals surface area contributed by atoms with E-state index in [1.165, 1.54) is 11.3 Å². The van der Waals surface area contributed by atoms with Crippen LogP contribution in [-0.4, -0.2) is 18.6 Å². The summed E-state index contributed by atoms with van der Waals surface area (Å²) in [5, 5.41) is 9.22. The van der Waals surface area contributed by atoms with Crippen LogP contribution in [0.25, 0.3) is 0 Å². The van der Waals surface area contributed by atoms with Gasteiger partial charge in [-0.15, -0.1) is 0 Å². The number of allylic oxidation sites excluding steroid dienone is 1. The average Bonchev–Trinajstić information content (AvgIpc) is 2.88. The van der Waals surface area contributed by atoms with E-state index in [-0.39, 0.29) is 17.9 Å². The lowest BCUT2D eigenvalue weighted by Gasteiger charge is -2.27. The molecule has 1 aliphatic rings. The van der Waals surface area contributed by atoms with Crippen LogP contribution in [0.15, 0.2) is 28.1 Å². The molecular weight excluding hydrogens is 276 g/mol. The van der Waals surface area contributed by atoms with Gasteiger partial charge in [-0.25, -0.2) is 9.59 Å². The Labute approximate surface area is 122 Å². The van der Waals surface area contributed by atoms with E-state index in [1.807, 2.05) is 30.7 Å². The minimum Gasteiger partial charge on any atom is -0.462 e. The highest BCUT2D eigenvalue weighted by atomic mass is 32.1. The van der Waals surface area contributed by atoms with Crippen molar-refractivity contribution in [1.29, 1.82) is 0 Å².